The molecule has 1 N–H and O–H groups in total. The summed E-state index contributed by atoms with van der Waals surface area (Å²) in [5, 5.41) is 3.56. The second kappa shape index (κ2) is 7.29. The minimum absolute atomic E-state index is 0.706. The van der Waals surface area contributed by atoms with Crippen molar-refractivity contribution in [1.29, 1.82) is 0 Å². The van der Waals surface area contributed by atoms with Crippen LogP contribution in [0.2, 0.25) is 0 Å². The standard InChI is InChI=1S/C14H30N2/c1-5-15-13(4)14-7-10-16(11-8-14)9-6-12(2)3/h12-15H,5-11H2,1-4H3. The molecular formula is C14H30N2. The minimum Gasteiger partial charge on any atom is -0.314 e. The molecule has 1 unspecified atom stereocenters. The first-order valence-electron chi connectivity index (χ1n) is 7.09. The van der Waals surface area contributed by atoms with E-state index in [0.717, 1.165) is 18.4 Å². The van der Waals surface area contributed by atoms with Gasteiger partial charge in [-0.1, -0.05) is 20.8 Å². The maximum atomic E-state index is 3.56. The summed E-state index contributed by atoms with van der Waals surface area (Å²) in [6, 6.07) is 0.706. The third-order valence-corrected chi connectivity index (χ3v) is 3.89. The molecule has 1 fully saturated rings. The lowest BCUT2D eigenvalue weighted by atomic mass is 9.90. The summed E-state index contributed by atoms with van der Waals surface area (Å²) in [4.78, 5) is 2.65. The molecule has 0 spiro atoms. The molecule has 0 aromatic heterocycles. The lowest BCUT2D eigenvalue weighted by Gasteiger charge is -2.35. The van der Waals surface area contributed by atoms with E-state index in [4.69, 9.17) is 0 Å². The zero-order valence-electron chi connectivity index (χ0n) is 11.6. The molecule has 96 valence electrons. The minimum atomic E-state index is 0.706. The molecule has 0 aliphatic carbocycles. The van der Waals surface area contributed by atoms with Gasteiger partial charge in [-0.2, -0.15) is 0 Å². The summed E-state index contributed by atoms with van der Waals surface area (Å²) >= 11 is 0. The predicted octanol–water partition coefficient (Wildman–Crippen LogP) is 2.74. The number of hydrogen-bond donors (Lipinski definition) is 1. The molecule has 0 amide bonds. The number of nitrogens with one attached hydrogen (secondary N) is 1. The molecule has 1 heterocycles. The molecule has 0 aromatic rings. The molecule has 0 aromatic carbocycles. The van der Waals surface area contributed by atoms with Crippen LogP contribution in [0.4, 0.5) is 0 Å². The third-order valence-electron chi connectivity index (χ3n) is 3.89. The van der Waals surface area contributed by atoms with E-state index in [1.165, 1.54) is 38.9 Å². The summed E-state index contributed by atoms with van der Waals surface area (Å²) in [7, 11) is 0. The van der Waals surface area contributed by atoms with Gasteiger partial charge in [0, 0.05) is 6.04 Å². The maximum Gasteiger partial charge on any atom is 0.00678 e. The molecule has 1 atom stereocenters. The fourth-order valence-corrected chi connectivity index (χ4v) is 2.61. The smallest absolute Gasteiger partial charge is 0.00678 e. The Morgan fingerprint density at radius 2 is 1.81 bits per heavy atom. The first-order valence-corrected chi connectivity index (χ1v) is 7.09. The Morgan fingerprint density at radius 1 is 1.19 bits per heavy atom. The van der Waals surface area contributed by atoms with Gasteiger partial charge in [-0.3, -0.25) is 0 Å². The normalized spacial score (nSPS) is 21.6. The Bertz CT molecular complexity index is 172. The molecule has 0 bridgehead atoms. The van der Waals surface area contributed by atoms with Crippen LogP contribution < -0.4 is 5.32 Å². The highest BCUT2D eigenvalue weighted by Gasteiger charge is 2.22. The van der Waals surface area contributed by atoms with E-state index in [9.17, 15) is 0 Å². The topological polar surface area (TPSA) is 15.3 Å². The predicted molar refractivity (Wildman–Crippen MR) is 71.8 cm³/mol. The number of hydrogen-bond acceptors (Lipinski definition) is 2. The molecule has 0 saturated carbocycles. The van der Waals surface area contributed by atoms with Gasteiger partial charge in [0.2, 0.25) is 0 Å². The number of nitrogens with zero attached hydrogens (tertiary/aromatic N) is 1. The molecule has 1 aliphatic heterocycles. The molecule has 16 heavy (non-hydrogen) atoms. The highest BCUT2D eigenvalue weighted by molar-refractivity contribution is 4.79. The lowest BCUT2D eigenvalue weighted by molar-refractivity contribution is 0.157. The van der Waals surface area contributed by atoms with Crippen LogP contribution >= 0.6 is 0 Å². The fourth-order valence-electron chi connectivity index (χ4n) is 2.61. The summed E-state index contributed by atoms with van der Waals surface area (Å²) < 4.78 is 0. The maximum absolute atomic E-state index is 3.56. The summed E-state index contributed by atoms with van der Waals surface area (Å²) in [6.07, 6.45) is 4.12. The summed E-state index contributed by atoms with van der Waals surface area (Å²) in [5.41, 5.74) is 0. The van der Waals surface area contributed by atoms with Crippen LogP contribution in [-0.2, 0) is 0 Å². The Labute approximate surface area is 102 Å². The van der Waals surface area contributed by atoms with Crippen molar-refractivity contribution >= 4 is 0 Å². The van der Waals surface area contributed by atoms with E-state index in [2.05, 4.69) is 37.9 Å². The average molecular weight is 226 g/mol. The van der Waals surface area contributed by atoms with Crippen molar-refractivity contribution in [2.24, 2.45) is 11.8 Å². The van der Waals surface area contributed by atoms with Gasteiger partial charge < -0.3 is 10.2 Å². The molecule has 2 heteroatoms. The van der Waals surface area contributed by atoms with Gasteiger partial charge in [0.05, 0.1) is 0 Å². The Kier molecular flexibility index (Phi) is 6.37. The van der Waals surface area contributed by atoms with Gasteiger partial charge in [-0.15, -0.1) is 0 Å². The van der Waals surface area contributed by atoms with E-state index in [-0.39, 0.29) is 0 Å². The van der Waals surface area contributed by atoms with Crippen LogP contribution in [0.3, 0.4) is 0 Å². The van der Waals surface area contributed by atoms with E-state index in [1.807, 2.05) is 0 Å². The second-order valence-electron chi connectivity index (χ2n) is 5.71. The van der Waals surface area contributed by atoms with Gasteiger partial charge in [-0.05, 0) is 64.2 Å². The van der Waals surface area contributed by atoms with Crippen molar-refractivity contribution in [3.63, 3.8) is 0 Å². The van der Waals surface area contributed by atoms with Crippen molar-refractivity contribution in [2.45, 2.75) is 53.0 Å². The first-order chi connectivity index (χ1) is 7.63. The lowest BCUT2D eigenvalue weighted by Crippen LogP contribution is -2.42. The average Bonchev–Trinajstić information content (AvgIpc) is 2.27. The van der Waals surface area contributed by atoms with Gasteiger partial charge in [0.1, 0.15) is 0 Å². The van der Waals surface area contributed by atoms with Crippen LogP contribution in [0.1, 0.15) is 47.0 Å². The fraction of sp³-hybridized carbons (Fsp3) is 1.00. The Morgan fingerprint density at radius 3 is 2.31 bits per heavy atom. The highest BCUT2D eigenvalue weighted by Crippen LogP contribution is 2.21. The molecule has 2 nitrogen and oxygen atoms in total. The quantitative estimate of drug-likeness (QED) is 0.749. The van der Waals surface area contributed by atoms with Crippen molar-refractivity contribution in [3.05, 3.63) is 0 Å². The van der Waals surface area contributed by atoms with Crippen molar-refractivity contribution < 1.29 is 0 Å². The number of piperidine rings is 1. The highest BCUT2D eigenvalue weighted by atomic mass is 15.1. The second-order valence-corrected chi connectivity index (χ2v) is 5.71. The largest absolute Gasteiger partial charge is 0.314 e. The SMILES string of the molecule is CCNC(C)C1CCN(CCC(C)C)CC1. The van der Waals surface area contributed by atoms with Crippen LogP contribution in [0.5, 0.6) is 0 Å². The molecule has 1 saturated heterocycles. The van der Waals surface area contributed by atoms with Crippen LogP contribution in [0, 0.1) is 11.8 Å². The number of likely N-dealkylation sites (tertiary alicyclic amines) is 1. The van der Waals surface area contributed by atoms with Crippen molar-refractivity contribution in [3.8, 4) is 0 Å². The van der Waals surface area contributed by atoms with Crippen LogP contribution in [0.15, 0.2) is 0 Å². The van der Waals surface area contributed by atoms with Crippen molar-refractivity contribution in [2.75, 3.05) is 26.2 Å². The summed E-state index contributed by atoms with van der Waals surface area (Å²) in [6.45, 7) is 14.2. The molecule has 1 rings (SSSR count). The van der Waals surface area contributed by atoms with Gasteiger partial charge in [-0.25, -0.2) is 0 Å². The third kappa shape index (κ3) is 4.84. The Balaban J connectivity index is 2.18. The Hall–Kier alpha value is -0.0800. The molecule has 1 aliphatic rings. The van der Waals surface area contributed by atoms with Gasteiger partial charge >= 0.3 is 0 Å². The van der Waals surface area contributed by atoms with E-state index >= 15 is 0 Å². The zero-order valence-corrected chi connectivity index (χ0v) is 11.6. The molecule has 0 radical (unpaired) electrons. The van der Waals surface area contributed by atoms with E-state index in [0.29, 0.717) is 6.04 Å². The molecular weight excluding hydrogens is 196 g/mol. The van der Waals surface area contributed by atoms with Crippen molar-refractivity contribution in [1.82, 2.24) is 10.2 Å². The van der Waals surface area contributed by atoms with Gasteiger partial charge in [0.15, 0.2) is 0 Å². The zero-order chi connectivity index (χ0) is 12.0. The summed E-state index contributed by atoms with van der Waals surface area (Å²) in [5.74, 6) is 1.74. The van der Waals surface area contributed by atoms with Crippen LogP contribution in [-0.4, -0.2) is 37.1 Å². The van der Waals surface area contributed by atoms with E-state index < -0.39 is 0 Å². The number of rotatable bonds is 6. The van der Waals surface area contributed by atoms with E-state index in [1.54, 1.807) is 0 Å². The van der Waals surface area contributed by atoms with Crippen LogP contribution in [0.25, 0.3) is 0 Å². The monoisotopic (exact) mass is 226 g/mol. The van der Waals surface area contributed by atoms with Gasteiger partial charge in [0.25, 0.3) is 0 Å². The first kappa shape index (κ1) is 14.0.